The molecule has 0 bridgehead atoms. The van der Waals surface area contributed by atoms with Crippen LogP contribution in [-0.4, -0.2) is 77.3 Å². The first kappa shape index (κ1) is 40.2. The maximum absolute atomic E-state index is 14.2. The molecule has 16 heteroatoms. The minimum atomic E-state index is -5.08. The summed E-state index contributed by atoms with van der Waals surface area (Å²) in [7, 11) is 1.60. The topological polar surface area (TPSA) is 244 Å². The molecule has 0 aliphatic carbocycles. The first-order valence-corrected chi connectivity index (χ1v) is 15.2. The monoisotopic (exact) mass is 698 g/mol. The molecule has 3 aromatic rings. The Kier molecular flexibility index (Phi) is 15.4. The number of carboxylic acids is 1. The Hall–Kier alpha value is -5.93. The number of aliphatic imine (C=N–C) groups is 1. The normalized spacial score (nSPS) is 12.6. The maximum atomic E-state index is 14.2. The molecule has 3 aromatic carbocycles. The van der Waals surface area contributed by atoms with Gasteiger partial charge in [-0.1, -0.05) is 84.9 Å². The maximum Gasteiger partial charge on any atom is 0.490 e. The lowest BCUT2D eigenvalue weighted by Crippen LogP contribution is -2.54. The Morgan fingerprint density at radius 3 is 1.86 bits per heavy atom. The molecule has 3 atom stereocenters. The highest BCUT2D eigenvalue weighted by molar-refractivity contribution is 5.95. The van der Waals surface area contributed by atoms with Crippen LogP contribution >= 0.6 is 0 Å². The number of primary amides is 1. The number of aliphatic carboxylic acids is 1. The van der Waals surface area contributed by atoms with Gasteiger partial charge < -0.3 is 38.3 Å². The molecule has 3 rings (SSSR count). The van der Waals surface area contributed by atoms with Crippen molar-refractivity contribution in [3.63, 3.8) is 0 Å². The number of amides is 3. The fourth-order valence-corrected chi connectivity index (χ4v) is 4.79. The van der Waals surface area contributed by atoms with Gasteiger partial charge >= 0.3 is 12.1 Å². The molecule has 0 heterocycles. The fraction of sp³-hybridized carbons (Fsp3) is 0.294. The van der Waals surface area contributed by atoms with Gasteiger partial charge in [-0.05, 0) is 36.0 Å². The molecular weight excluding hydrogens is 657 g/mol. The van der Waals surface area contributed by atoms with Crippen LogP contribution in [0, 0.1) is 5.41 Å². The van der Waals surface area contributed by atoms with Crippen molar-refractivity contribution >= 4 is 35.5 Å². The van der Waals surface area contributed by atoms with Gasteiger partial charge in [-0.15, -0.1) is 0 Å². The molecule has 0 fully saturated rings. The Labute approximate surface area is 287 Å². The third-order valence-corrected chi connectivity index (χ3v) is 7.44. The van der Waals surface area contributed by atoms with Crippen molar-refractivity contribution in [2.75, 3.05) is 13.6 Å². The van der Waals surface area contributed by atoms with Crippen LogP contribution in [0.15, 0.2) is 89.9 Å². The zero-order chi connectivity index (χ0) is 37.4. The van der Waals surface area contributed by atoms with Crippen LogP contribution in [0.25, 0.3) is 0 Å². The summed E-state index contributed by atoms with van der Waals surface area (Å²) >= 11 is 0. The second-order valence-electron chi connectivity index (χ2n) is 11.1. The number of carboxylic acid groups (broad SMARTS) is 1. The van der Waals surface area contributed by atoms with Gasteiger partial charge in [-0.3, -0.25) is 24.8 Å². The lowest BCUT2D eigenvalue weighted by molar-refractivity contribution is -0.192. The van der Waals surface area contributed by atoms with Crippen molar-refractivity contribution < 1.29 is 37.5 Å². The summed E-state index contributed by atoms with van der Waals surface area (Å²) < 4.78 is 31.7. The molecule has 11 N–H and O–H groups in total. The van der Waals surface area contributed by atoms with Crippen LogP contribution in [0.1, 0.15) is 41.0 Å². The number of benzene rings is 3. The number of hydrogen-bond donors (Lipinski definition) is 7. The predicted molar refractivity (Wildman–Crippen MR) is 182 cm³/mol. The van der Waals surface area contributed by atoms with Crippen LogP contribution in [0.5, 0.6) is 0 Å². The number of rotatable bonds is 15. The standard InChI is InChI=1S/C32H40N8O3.C2HF3O2/c1-40(31(43)25(23-11-6-3-7-12-23)19-22-14-16-24(17-15-22)28(33)34)27(20-21-9-4-2-5-10-21)30(42)39-26(29(35)41)13-8-18-38-32(36)37;3-2(4,5)1(6)7/h2-7,9-12,14-17,25-27H,8,13,18-20H2,1H3,(H3,33,34)(H2,35,41)(H,39,42)(H4,36,37,38);(H,6,7)/t25?,26-,27-;/m0./s1. The van der Waals surface area contributed by atoms with Crippen molar-refractivity contribution in [3.8, 4) is 0 Å². The molecule has 268 valence electrons. The van der Waals surface area contributed by atoms with Crippen molar-refractivity contribution in [1.82, 2.24) is 10.2 Å². The average Bonchev–Trinajstić information content (AvgIpc) is 3.07. The second kappa shape index (κ2) is 19.2. The van der Waals surface area contributed by atoms with E-state index in [1.54, 1.807) is 19.2 Å². The predicted octanol–water partition coefficient (Wildman–Crippen LogP) is 2.02. The Bertz CT molecular complexity index is 1620. The SMILES string of the molecule is CN(C(=O)C(Cc1ccc(C(=N)N)cc1)c1ccccc1)[C@@H](Cc1ccccc1)C(=O)N[C@@H](CCCN=C(N)N)C(N)=O.O=C(O)C(F)(F)F. The van der Waals surface area contributed by atoms with E-state index in [0.29, 0.717) is 18.4 Å². The summed E-state index contributed by atoms with van der Waals surface area (Å²) in [5, 5.41) is 17.5. The van der Waals surface area contributed by atoms with Gasteiger partial charge in [-0.2, -0.15) is 13.2 Å². The number of hydrogen-bond acceptors (Lipinski definition) is 6. The van der Waals surface area contributed by atoms with Crippen LogP contribution in [-0.2, 0) is 32.0 Å². The highest BCUT2D eigenvalue weighted by Crippen LogP contribution is 2.25. The van der Waals surface area contributed by atoms with Crippen molar-refractivity contribution in [3.05, 3.63) is 107 Å². The van der Waals surface area contributed by atoms with E-state index < -0.39 is 42.0 Å². The van der Waals surface area contributed by atoms with E-state index in [-0.39, 0.29) is 37.1 Å². The van der Waals surface area contributed by atoms with Crippen molar-refractivity contribution in [2.45, 2.75) is 49.9 Å². The van der Waals surface area contributed by atoms with Crippen LogP contribution < -0.4 is 28.3 Å². The molecule has 1 unspecified atom stereocenters. The van der Waals surface area contributed by atoms with Gasteiger partial charge in [0.2, 0.25) is 17.7 Å². The Morgan fingerprint density at radius 2 is 1.38 bits per heavy atom. The van der Waals surface area contributed by atoms with Gasteiger partial charge in [0, 0.05) is 25.6 Å². The van der Waals surface area contributed by atoms with E-state index in [2.05, 4.69) is 10.3 Å². The molecule has 0 saturated heterocycles. The fourth-order valence-electron chi connectivity index (χ4n) is 4.79. The zero-order valence-electron chi connectivity index (χ0n) is 27.3. The highest BCUT2D eigenvalue weighted by Gasteiger charge is 2.38. The molecule has 0 radical (unpaired) electrons. The summed E-state index contributed by atoms with van der Waals surface area (Å²) in [6.07, 6.45) is -3.85. The van der Waals surface area contributed by atoms with Gasteiger partial charge in [-0.25, -0.2) is 4.79 Å². The van der Waals surface area contributed by atoms with Crippen molar-refractivity contribution in [1.29, 1.82) is 5.41 Å². The Morgan fingerprint density at radius 1 is 0.860 bits per heavy atom. The number of carbonyl (C=O) groups is 4. The first-order valence-electron chi connectivity index (χ1n) is 15.2. The van der Waals surface area contributed by atoms with Gasteiger partial charge in [0.15, 0.2) is 5.96 Å². The number of alkyl halides is 3. The van der Waals surface area contributed by atoms with Crippen LogP contribution in [0.3, 0.4) is 0 Å². The molecule has 0 aromatic heterocycles. The number of nitrogens with zero attached hydrogens (tertiary/aromatic N) is 2. The van der Waals surface area contributed by atoms with Crippen LogP contribution in [0.2, 0.25) is 0 Å². The Balaban J connectivity index is 0.00000112. The highest BCUT2D eigenvalue weighted by atomic mass is 19.4. The summed E-state index contributed by atoms with van der Waals surface area (Å²) in [6, 6.07) is 24.0. The number of guanidine groups is 1. The lowest BCUT2D eigenvalue weighted by atomic mass is 9.89. The van der Waals surface area contributed by atoms with E-state index in [1.807, 2.05) is 72.8 Å². The van der Waals surface area contributed by atoms with E-state index in [0.717, 1.165) is 16.7 Å². The molecule has 0 saturated carbocycles. The number of nitrogens with one attached hydrogen (secondary N) is 2. The largest absolute Gasteiger partial charge is 0.490 e. The first-order chi connectivity index (χ1) is 23.5. The zero-order valence-corrected chi connectivity index (χ0v) is 27.3. The molecule has 0 spiro atoms. The summed E-state index contributed by atoms with van der Waals surface area (Å²) in [4.78, 5) is 54.5. The third-order valence-electron chi connectivity index (χ3n) is 7.44. The molecule has 0 aliphatic heterocycles. The number of halogens is 3. The number of amidine groups is 1. The van der Waals surface area contributed by atoms with Gasteiger partial charge in [0.05, 0.1) is 5.92 Å². The molecule has 50 heavy (non-hydrogen) atoms. The molecule has 3 amide bonds. The molecular formula is C34H41F3N8O5. The molecule has 13 nitrogen and oxygen atoms in total. The van der Waals surface area contributed by atoms with E-state index >= 15 is 0 Å². The second-order valence-corrected chi connectivity index (χ2v) is 11.1. The number of nitrogen functional groups attached to an aromatic ring is 1. The van der Waals surface area contributed by atoms with E-state index in [1.165, 1.54) is 4.90 Å². The lowest BCUT2D eigenvalue weighted by Gasteiger charge is -2.32. The smallest absolute Gasteiger partial charge is 0.475 e. The number of likely N-dealkylation sites (N-methyl/N-ethyl adjacent to an activating group) is 1. The van der Waals surface area contributed by atoms with Crippen molar-refractivity contribution in [2.24, 2.45) is 27.9 Å². The summed E-state index contributed by atoms with van der Waals surface area (Å²) in [5.41, 5.74) is 25.1. The summed E-state index contributed by atoms with van der Waals surface area (Å²) in [6.45, 7) is 0.278. The van der Waals surface area contributed by atoms with Crippen LogP contribution in [0.4, 0.5) is 13.2 Å². The molecule has 0 aliphatic rings. The number of carbonyl (C=O) groups excluding carboxylic acids is 3. The van der Waals surface area contributed by atoms with Gasteiger partial charge in [0.1, 0.15) is 17.9 Å². The summed E-state index contributed by atoms with van der Waals surface area (Å²) in [5.74, 6) is -4.92. The van der Waals surface area contributed by atoms with E-state index in [4.69, 9.17) is 38.2 Å². The number of nitrogens with two attached hydrogens (primary N) is 4. The minimum Gasteiger partial charge on any atom is -0.475 e. The van der Waals surface area contributed by atoms with Gasteiger partial charge in [0.25, 0.3) is 0 Å². The quantitative estimate of drug-likeness (QED) is 0.0702. The third kappa shape index (κ3) is 13.3. The minimum absolute atomic E-state index is 0.0396. The van der Waals surface area contributed by atoms with E-state index in [9.17, 15) is 27.6 Å². The average molecular weight is 699 g/mol.